The quantitative estimate of drug-likeness (QED) is 0.780. The average Bonchev–Trinajstić information content (AvgIpc) is 2.78. The summed E-state index contributed by atoms with van der Waals surface area (Å²) in [5.74, 6) is 0.724. The Balaban J connectivity index is 1.99. The molecule has 1 amide bonds. The largest absolute Gasteiger partial charge is 0.493 e. The van der Waals surface area contributed by atoms with Crippen molar-refractivity contribution >= 4 is 33.0 Å². The second-order valence-electron chi connectivity index (χ2n) is 5.99. The monoisotopic (exact) mass is 376 g/mol. The highest BCUT2D eigenvalue weighted by atomic mass is 35.5. The molecule has 1 aliphatic heterocycles. The maximum Gasteiger partial charge on any atom is 0.239 e. The number of sulfone groups is 1. The molecule has 0 aromatic heterocycles. The Bertz CT molecular complexity index is 738. The first-order valence-corrected chi connectivity index (χ1v) is 9.55. The molecule has 0 saturated carbocycles. The van der Waals surface area contributed by atoms with Crippen molar-refractivity contribution in [1.82, 2.24) is 5.32 Å². The molecule has 1 atom stereocenters. The molecule has 0 aliphatic carbocycles. The molecule has 1 aromatic carbocycles. The SMILES string of the molecule is COc1cc(Cl)c(NCC(=O)N[C@]2(C)CCS(=O)(=O)C2)cc1OC. The average molecular weight is 377 g/mol. The zero-order chi connectivity index (χ0) is 18.0. The summed E-state index contributed by atoms with van der Waals surface area (Å²) in [7, 11) is -0.0681. The van der Waals surface area contributed by atoms with E-state index in [1.54, 1.807) is 19.1 Å². The van der Waals surface area contributed by atoms with Crippen molar-refractivity contribution in [2.45, 2.75) is 18.9 Å². The molecule has 0 bridgehead atoms. The van der Waals surface area contributed by atoms with Crippen LogP contribution in [-0.4, -0.2) is 52.1 Å². The summed E-state index contributed by atoms with van der Waals surface area (Å²) in [5.41, 5.74) is -0.201. The van der Waals surface area contributed by atoms with Crippen molar-refractivity contribution in [2.24, 2.45) is 0 Å². The van der Waals surface area contributed by atoms with Gasteiger partial charge in [-0.3, -0.25) is 4.79 Å². The van der Waals surface area contributed by atoms with Crippen LogP contribution in [0.3, 0.4) is 0 Å². The van der Waals surface area contributed by atoms with E-state index in [4.69, 9.17) is 21.1 Å². The predicted molar refractivity (Wildman–Crippen MR) is 92.9 cm³/mol. The van der Waals surface area contributed by atoms with Crippen LogP contribution in [-0.2, 0) is 14.6 Å². The molecule has 24 heavy (non-hydrogen) atoms. The van der Waals surface area contributed by atoms with Crippen molar-refractivity contribution in [2.75, 3.05) is 37.6 Å². The lowest BCUT2D eigenvalue weighted by Gasteiger charge is -2.24. The lowest BCUT2D eigenvalue weighted by atomic mass is 10.0. The summed E-state index contributed by atoms with van der Waals surface area (Å²) < 4.78 is 33.5. The molecule has 1 aromatic rings. The lowest BCUT2D eigenvalue weighted by molar-refractivity contribution is -0.120. The van der Waals surface area contributed by atoms with E-state index in [0.717, 1.165) is 0 Å². The van der Waals surface area contributed by atoms with Gasteiger partial charge in [0, 0.05) is 12.1 Å². The fourth-order valence-electron chi connectivity index (χ4n) is 2.65. The second-order valence-corrected chi connectivity index (χ2v) is 8.58. The highest BCUT2D eigenvalue weighted by Gasteiger charge is 2.39. The normalized spacial score (nSPS) is 22.0. The second kappa shape index (κ2) is 7.06. The van der Waals surface area contributed by atoms with Gasteiger partial charge in [-0.15, -0.1) is 0 Å². The van der Waals surface area contributed by atoms with E-state index in [9.17, 15) is 13.2 Å². The number of carbonyl (C=O) groups is 1. The highest BCUT2D eigenvalue weighted by Crippen LogP contribution is 2.35. The van der Waals surface area contributed by atoms with E-state index in [1.165, 1.54) is 14.2 Å². The minimum absolute atomic E-state index is 0.0369. The van der Waals surface area contributed by atoms with E-state index in [0.29, 0.717) is 28.6 Å². The van der Waals surface area contributed by atoms with Crippen molar-refractivity contribution < 1.29 is 22.7 Å². The van der Waals surface area contributed by atoms with Crippen molar-refractivity contribution in [3.63, 3.8) is 0 Å². The molecule has 0 unspecified atom stereocenters. The topological polar surface area (TPSA) is 93.7 Å². The van der Waals surface area contributed by atoms with Gasteiger partial charge in [-0.2, -0.15) is 0 Å². The molecular weight excluding hydrogens is 356 g/mol. The first-order chi connectivity index (χ1) is 11.2. The van der Waals surface area contributed by atoms with Gasteiger partial charge in [0.05, 0.1) is 48.5 Å². The summed E-state index contributed by atoms with van der Waals surface area (Å²) in [4.78, 5) is 12.1. The number of carbonyl (C=O) groups excluding carboxylic acids is 1. The summed E-state index contributed by atoms with van der Waals surface area (Å²) >= 11 is 6.15. The van der Waals surface area contributed by atoms with E-state index in [1.807, 2.05) is 0 Å². The van der Waals surface area contributed by atoms with E-state index in [2.05, 4.69) is 10.6 Å². The number of amides is 1. The number of halogens is 1. The molecule has 2 rings (SSSR count). The fourth-order valence-corrected chi connectivity index (χ4v) is 4.97. The molecule has 7 nitrogen and oxygen atoms in total. The maximum atomic E-state index is 12.1. The molecule has 134 valence electrons. The van der Waals surface area contributed by atoms with Gasteiger partial charge in [0.25, 0.3) is 0 Å². The molecule has 1 saturated heterocycles. The van der Waals surface area contributed by atoms with Crippen LogP contribution in [0.2, 0.25) is 5.02 Å². The van der Waals surface area contributed by atoms with Gasteiger partial charge in [-0.1, -0.05) is 11.6 Å². The van der Waals surface area contributed by atoms with Gasteiger partial charge in [-0.05, 0) is 13.3 Å². The van der Waals surface area contributed by atoms with Crippen LogP contribution in [0.25, 0.3) is 0 Å². The Morgan fingerprint density at radius 3 is 2.46 bits per heavy atom. The molecule has 9 heteroatoms. The van der Waals surface area contributed by atoms with E-state index < -0.39 is 15.4 Å². The summed E-state index contributed by atoms with van der Waals surface area (Å²) in [5, 5.41) is 6.08. The maximum absolute atomic E-state index is 12.1. The predicted octanol–water partition coefficient (Wildman–Crippen LogP) is 1.46. The number of rotatable bonds is 6. The van der Waals surface area contributed by atoms with Crippen molar-refractivity contribution in [1.29, 1.82) is 0 Å². The number of hydrogen-bond donors (Lipinski definition) is 2. The Hall–Kier alpha value is -1.67. The summed E-state index contributed by atoms with van der Waals surface area (Å²) in [6.45, 7) is 1.70. The summed E-state index contributed by atoms with van der Waals surface area (Å²) in [6.07, 6.45) is 0.415. The van der Waals surface area contributed by atoms with Crippen LogP contribution in [0.15, 0.2) is 12.1 Å². The molecular formula is C15H21ClN2O5S. The van der Waals surface area contributed by atoms with Gasteiger partial charge >= 0.3 is 0 Å². The van der Waals surface area contributed by atoms with E-state index in [-0.39, 0.29) is 24.0 Å². The molecule has 2 N–H and O–H groups in total. The van der Waals surface area contributed by atoms with Crippen LogP contribution in [0.4, 0.5) is 5.69 Å². The number of ether oxygens (including phenoxy) is 2. The number of nitrogens with one attached hydrogen (secondary N) is 2. The highest BCUT2D eigenvalue weighted by molar-refractivity contribution is 7.91. The molecule has 1 fully saturated rings. The zero-order valence-electron chi connectivity index (χ0n) is 13.8. The van der Waals surface area contributed by atoms with Crippen LogP contribution in [0.5, 0.6) is 11.5 Å². The molecule has 1 heterocycles. The first-order valence-electron chi connectivity index (χ1n) is 7.35. The van der Waals surface area contributed by atoms with Gasteiger partial charge in [0.2, 0.25) is 5.91 Å². The van der Waals surface area contributed by atoms with Crippen LogP contribution < -0.4 is 20.1 Å². The first kappa shape index (κ1) is 18.7. The van der Waals surface area contributed by atoms with Gasteiger partial charge in [-0.25, -0.2) is 8.42 Å². The smallest absolute Gasteiger partial charge is 0.239 e. The van der Waals surface area contributed by atoms with Gasteiger partial charge < -0.3 is 20.1 Å². The lowest BCUT2D eigenvalue weighted by Crippen LogP contribution is -2.48. The number of hydrogen-bond acceptors (Lipinski definition) is 6. The Morgan fingerprint density at radius 1 is 1.29 bits per heavy atom. The molecule has 0 radical (unpaired) electrons. The van der Waals surface area contributed by atoms with Gasteiger partial charge in [0.1, 0.15) is 0 Å². The van der Waals surface area contributed by atoms with Crippen LogP contribution in [0.1, 0.15) is 13.3 Å². The molecule has 1 aliphatic rings. The zero-order valence-corrected chi connectivity index (χ0v) is 15.4. The van der Waals surface area contributed by atoms with Crippen molar-refractivity contribution in [3.05, 3.63) is 17.2 Å². The standard InChI is InChI=1S/C15H21ClN2O5S/c1-15(4-5-24(20,21)9-15)18-14(19)8-17-11-7-13(23-3)12(22-2)6-10(11)16/h6-7,17H,4-5,8-9H2,1-3H3,(H,18,19)/t15-/m1/s1. The minimum Gasteiger partial charge on any atom is -0.493 e. The summed E-state index contributed by atoms with van der Waals surface area (Å²) in [6, 6.07) is 3.22. The van der Waals surface area contributed by atoms with Crippen LogP contribution >= 0.6 is 11.6 Å². The third-order valence-corrected chi connectivity index (χ3v) is 6.07. The number of benzene rings is 1. The van der Waals surface area contributed by atoms with Crippen LogP contribution in [0, 0.1) is 0 Å². The Morgan fingerprint density at radius 2 is 1.92 bits per heavy atom. The van der Waals surface area contributed by atoms with Gasteiger partial charge in [0.15, 0.2) is 21.3 Å². The third kappa shape index (κ3) is 4.45. The Kier molecular flexibility index (Phi) is 5.49. The fraction of sp³-hybridized carbons (Fsp3) is 0.533. The molecule has 0 spiro atoms. The van der Waals surface area contributed by atoms with E-state index >= 15 is 0 Å². The third-order valence-electron chi connectivity index (χ3n) is 3.86. The van der Waals surface area contributed by atoms with Crippen molar-refractivity contribution in [3.8, 4) is 11.5 Å². The number of methoxy groups -OCH3 is 2. The Labute approximate surface area is 146 Å². The number of anilines is 1. The minimum atomic E-state index is -3.08.